The van der Waals surface area contributed by atoms with E-state index < -0.39 is 6.04 Å². The SMILES string of the molecule is CC1CCCCN1CCCNC(=O)C1CSCN1C(=O)c1ccc(Cl)cc1. The van der Waals surface area contributed by atoms with Crippen molar-refractivity contribution in [2.45, 2.75) is 44.7 Å². The number of piperidine rings is 1. The molecule has 0 saturated carbocycles. The minimum absolute atomic E-state index is 0.0472. The standard InChI is InChI=1S/C20H28ClN3O2S/c1-15-5-2-3-11-23(15)12-4-10-22-19(25)18-13-27-14-24(18)20(26)16-6-8-17(21)9-7-16/h6-9,15,18H,2-5,10-14H2,1H3,(H,22,25). The maximum Gasteiger partial charge on any atom is 0.255 e. The van der Waals surface area contributed by atoms with Gasteiger partial charge in [0.25, 0.3) is 5.91 Å². The lowest BCUT2D eigenvalue weighted by atomic mass is 10.0. The third-order valence-corrected chi connectivity index (χ3v) is 6.66. The number of rotatable bonds is 6. The Balaban J connectivity index is 1.47. The van der Waals surface area contributed by atoms with E-state index in [0.717, 1.165) is 19.5 Å². The van der Waals surface area contributed by atoms with E-state index in [1.807, 2.05) is 0 Å². The van der Waals surface area contributed by atoms with Gasteiger partial charge in [-0.1, -0.05) is 18.0 Å². The Labute approximate surface area is 170 Å². The number of benzene rings is 1. The van der Waals surface area contributed by atoms with E-state index in [9.17, 15) is 9.59 Å². The first-order chi connectivity index (χ1) is 13.1. The fourth-order valence-corrected chi connectivity index (χ4v) is 5.00. The van der Waals surface area contributed by atoms with Gasteiger partial charge in [0.05, 0.1) is 5.88 Å². The lowest BCUT2D eigenvalue weighted by molar-refractivity contribution is -0.124. The molecule has 0 aromatic heterocycles. The number of nitrogens with zero attached hydrogens (tertiary/aromatic N) is 2. The molecule has 2 unspecified atom stereocenters. The number of carbonyl (C=O) groups excluding carboxylic acids is 2. The van der Waals surface area contributed by atoms with Gasteiger partial charge in [-0.2, -0.15) is 0 Å². The third kappa shape index (κ3) is 5.39. The van der Waals surface area contributed by atoms with Gasteiger partial charge < -0.3 is 15.1 Å². The van der Waals surface area contributed by atoms with Gasteiger partial charge in [-0.05, 0) is 57.0 Å². The Morgan fingerprint density at radius 1 is 1.26 bits per heavy atom. The molecular formula is C20H28ClN3O2S. The van der Waals surface area contributed by atoms with E-state index in [-0.39, 0.29) is 11.8 Å². The highest BCUT2D eigenvalue weighted by Gasteiger charge is 2.34. The van der Waals surface area contributed by atoms with Crippen molar-refractivity contribution in [3.63, 3.8) is 0 Å². The normalized spacial score (nSPS) is 23.4. The van der Waals surface area contributed by atoms with Crippen LogP contribution >= 0.6 is 23.4 Å². The average Bonchev–Trinajstić information content (AvgIpc) is 3.16. The summed E-state index contributed by atoms with van der Waals surface area (Å²) in [4.78, 5) is 29.5. The molecule has 1 N–H and O–H groups in total. The predicted molar refractivity (Wildman–Crippen MR) is 111 cm³/mol. The Morgan fingerprint density at radius 3 is 2.78 bits per heavy atom. The molecule has 2 fully saturated rings. The Bertz CT molecular complexity index is 655. The van der Waals surface area contributed by atoms with Crippen LogP contribution in [0.3, 0.4) is 0 Å². The van der Waals surface area contributed by atoms with Gasteiger partial charge in [-0.3, -0.25) is 9.59 Å². The van der Waals surface area contributed by atoms with Gasteiger partial charge in [0.15, 0.2) is 0 Å². The topological polar surface area (TPSA) is 52.7 Å². The Kier molecular flexibility index (Phi) is 7.44. The van der Waals surface area contributed by atoms with Gasteiger partial charge in [0, 0.05) is 35.5 Å². The zero-order chi connectivity index (χ0) is 19.2. The number of nitrogens with one attached hydrogen (secondary N) is 1. The van der Waals surface area contributed by atoms with Crippen LogP contribution in [0.2, 0.25) is 5.02 Å². The summed E-state index contributed by atoms with van der Waals surface area (Å²) >= 11 is 7.51. The monoisotopic (exact) mass is 409 g/mol. The molecule has 3 rings (SSSR count). The number of thioether (sulfide) groups is 1. The first kappa shape index (κ1) is 20.5. The predicted octanol–water partition coefficient (Wildman–Crippen LogP) is 3.24. The summed E-state index contributed by atoms with van der Waals surface area (Å²) in [7, 11) is 0. The van der Waals surface area contributed by atoms with E-state index in [1.165, 1.54) is 19.3 Å². The first-order valence-electron chi connectivity index (χ1n) is 9.72. The van der Waals surface area contributed by atoms with Crippen molar-refractivity contribution in [1.82, 2.24) is 15.1 Å². The van der Waals surface area contributed by atoms with Crippen LogP contribution in [0.25, 0.3) is 0 Å². The fourth-order valence-electron chi connectivity index (χ4n) is 3.72. The van der Waals surface area contributed by atoms with Crippen molar-refractivity contribution in [2.24, 2.45) is 0 Å². The molecule has 0 aliphatic carbocycles. The van der Waals surface area contributed by atoms with Gasteiger partial charge >= 0.3 is 0 Å². The van der Waals surface area contributed by atoms with E-state index in [4.69, 9.17) is 11.6 Å². The summed E-state index contributed by atoms with van der Waals surface area (Å²) in [5.41, 5.74) is 0.568. The Morgan fingerprint density at radius 2 is 2.04 bits per heavy atom. The van der Waals surface area contributed by atoms with Gasteiger partial charge in [-0.25, -0.2) is 0 Å². The number of amides is 2. The summed E-state index contributed by atoms with van der Waals surface area (Å²) in [5.74, 6) is 1.03. The number of likely N-dealkylation sites (tertiary alicyclic amines) is 1. The van der Waals surface area contributed by atoms with Crippen LogP contribution in [0, 0.1) is 0 Å². The molecule has 2 saturated heterocycles. The van der Waals surface area contributed by atoms with E-state index >= 15 is 0 Å². The van der Waals surface area contributed by atoms with Crippen molar-refractivity contribution in [2.75, 3.05) is 31.3 Å². The maximum atomic E-state index is 12.7. The van der Waals surface area contributed by atoms with Gasteiger partial charge in [-0.15, -0.1) is 11.8 Å². The molecule has 1 aromatic rings. The molecule has 0 radical (unpaired) electrons. The second-order valence-corrected chi connectivity index (χ2v) is 8.76. The third-order valence-electron chi connectivity index (χ3n) is 5.40. The van der Waals surface area contributed by atoms with Gasteiger partial charge in [0.1, 0.15) is 6.04 Å². The number of carbonyl (C=O) groups is 2. The summed E-state index contributed by atoms with van der Waals surface area (Å²) in [5, 5.41) is 3.63. The highest BCUT2D eigenvalue weighted by Crippen LogP contribution is 2.24. The van der Waals surface area contributed by atoms with Crippen molar-refractivity contribution in [3.05, 3.63) is 34.9 Å². The van der Waals surface area contributed by atoms with Gasteiger partial charge in [0.2, 0.25) is 5.91 Å². The molecule has 27 heavy (non-hydrogen) atoms. The molecule has 2 aliphatic rings. The summed E-state index contributed by atoms with van der Waals surface area (Å²) in [6.07, 6.45) is 4.82. The number of hydrogen-bond donors (Lipinski definition) is 1. The van der Waals surface area contributed by atoms with E-state index in [0.29, 0.717) is 34.8 Å². The molecule has 2 aliphatic heterocycles. The van der Waals surface area contributed by atoms with Crippen molar-refractivity contribution >= 4 is 35.2 Å². The number of halogens is 1. The highest BCUT2D eigenvalue weighted by molar-refractivity contribution is 7.99. The second-order valence-electron chi connectivity index (χ2n) is 7.32. The summed E-state index contributed by atoms with van der Waals surface area (Å²) < 4.78 is 0. The minimum atomic E-state index is -0.396. The molecule has 0 spiro atoms. The Hall–Kier alpha value is -1.24. The molecule has 2 atom stereocenters. The maximum absolute atomic E-state index is 12.7. The van der Waals surface area contributed by atoms with Crippen LogP contribution in [0.5, 0.6) is 0 Å². The molecule has 148 valence electrons. The van der Waals surface area contributed by atoms with Crippen LogP contribution in [0.1, 0.15) is 43.0 Å². The number of hydrogen-bond acceptors (Lipinski definition) is 4. The lowest BCUT2D eigenvalue weighted by Crippen LogP contribution is -2.48. The van der Waals surface area contributed by atoms with Crippen molar-refractivity contribution in [3.8, 4) is 0 Å². The molecule has 5 nitrogen and oxygen atoms in total. The largest absolute Gasteiger partial charge is 0.354 e. The first-order valence-corrected chi connectivity index (χ1v) is 11.3. The van der Waals surface area contributed by atoms with Crippen LogP contribution in [-0.4, -0.2) is 65.0 Å². The average molecular weight is 410 g/mol. The van der Waals surface area contributed by atoms with Crippen LogP contribution in [0.15, 0.2) is 24.3 Å². The molecule has 2 heterocycles. The van der Waals surface area contributed by atoms with Crippen LogP contribution < -0.4 is 5.32 Å². The molecule has 0 bridgehead atoms. The fraction of sp³-hybridized carbons (Fsp3) is 0.600. The minimum Gasteiger partial charge on any atom is -0.354 e. The zero-order valence-corrected chi connectivity index (χ0v) is 17.4. The van der Waals surface area contributed by atoms with Crippen molar-refractivity contribution < 1.29 is 9.59 Å². The second kappa shape index (κ2) is 9.80. The summed E-state index contributed by atoms with van der Waals surface area (Å²) in [6, 6.07) is 7.08. The molecule has 7 heteroatoms. The highest BCUT2D eigenvalue weighted by atomic mass is 35.5. The lowest BCUT2D eigenvalue weighted by Gasteiger charge is -2.33. The molecular weight excluding hydrogens is 382 g/mol. The van der Waals surface area contributed by atoms with E-state index in [2.05, 4.69) is 17.1 Å². The quantitative estimate of drug-likeness (QED) is 0.733. The zero-order valence-electron chi connectivity index (χ0n) is 15.8. The van der Waals surface area contributed by atoms with Crippen LogP contribution in [-0.2, 0) is 4.79 Å². The van der Waals surface area contributed by atoms with Crippen LogP contribution in [0.4, 0.5) is 0 Å². The van der Waals surface area contributed by atoms with Crippen molar-refractivity contribution in [1.29, 1.82) is 0 Å². The van der Waals surface area contributed by atoms with E-state index in [1.54, 1.807) is 40.9 Å². The molecule has 1 aromatic carbocycles. The molecule has 2 amide bonds. The summed E-state index contributed by atoms with van der Waals surface area (Å²) in [6.45, 7) is 5.13. The smallest absolute Gasteiger partial charge is 0.255 e.